The van der Waals surface area contributed by atoms with Gasteiger partial charge in [0.05, 0.1) is 5.38 Å². The Morgan fingerprint density at radius 2 is 2.33 bits per heavy atom. The molecule has 1 aromatic rings. The van der Waals surface area contributed by atoms with E-state index >= 15 is 0 Å². The summed E-state index contributed by atoms with van der Waals surface area (Å²) < 4.78 is 0. The van der Waals surface area contributed by atoms with Crippen molar-refractivity contribution in [2.24, 2.45) is 0 Å². The van der Waals surface area contributed by atoms with E-state index in [4.69, 9.17) is 11.6 Å². The first-order valence-electron chi connectivity index (χ1n) is 4.15. The Hall–Kier alpha value is -0.140. The van der Waals surface area contributed by atoms with Crippen molar-refractivity contribution in [1.82, 2.24) is 0 Å². The smallest absolute Gasteiger partial charge is 0.0604 e. The lowest BCUT2D eigenvalue weighted by Gasteiger charge is -2.20. The van der Waals surface area contributed by atoms with Crippen LogP contribution in [0.15, 0.2) is 23.1 Å². The van der Waals surface area contributed by atoms with E-state index in [-0.39, 0.29) is 5.38 Å². The zero-order chi connectivity index (χ0) is 8.55. The quantitative estimate of drug-likeness (QED) is 0.572. The van der Waals surface area contributed by atoms with E-state index in [0.29, 0.717) is 0 Å². The number of fused-ring (bicyclic) bond motifs is 1. The molecule has 0 aliphatic carbocycles. The zero-order valence-electron chi connectivity index (χ0n) is 7.01. The van der Waals surface area contributed by atoms with E-state index in [9.17, 15) is 0 Å². The summed E-state index contributed by atoms with van der Waals surface area (Å²) in [6.45, 7) is 2.11. The summed E-state index contributed by atoms with van der Waals surface area (Å²) in [6, 6.07) is 6.55. The highest BCUT2D eigenvalue weighted by atomic mass is 35.5. The molecule has 1 heterocycles. The number of rotatable bonds is 0. The minimum atomic E-state index is 0.237. The van der Waals surface area contributed by atoms with E-state index < -0.39 is 0 Å². The van der Waals surface area contributed by atoms with Crippen molar-refractivity contribution in [2.75, 3.05) is 5.75 Å². The number of hydrogen-bond acceptors (Lipinski definition) is 1. The molecule has 2 rings (SSSR count). The van der Waals surface area contributed by atoms with Gasteiger partial charge < -0.3 is 0 Å². The van der Waals surface area contributed by atoms with E-state index in [1.807, 2.05) is 11.8 Å². The summed E-state index contributed by atoms with van der Waals surface area (Å²) in [5, 5.41) is 0.237. The lowest BCUT2D eigenvalue weighted by molar-refractivity contribution is 0.852. The third-order valence-corrected chi connectivity index (χ3v) is 3.71. The Bertz CT molecular complexity index is 296. The molecular formula is C10H11ClS. The molecule has 1 aromatic carbocycles. The minimum Gasteiger partial charge on any atom is -0.126 e. The largest absolute Gasteiger partial charge is 0.126 e. The van der Waals surface area contributed by atoms with Crippen LogP contribution in [0.3, 0.4) is 0 Å². The third-order valence-electron chi connectivity index (χ3n) is 2.13. The molecule has 0 amide bonds. The van der Waals surface area contributed by atoms with E-state index in [1.165, 1.54) is 16.0 Å². The van der Waals surface area contributed by atoms with Crippen molar-refractivity contribution in [2.45, 2.75) is 23.6 Å². The minimum absolute atomic E-state index is 0.237. The molecule has 1 aliphatic heterocycles. The standard InChI is InChI=1S/C10H11ClS/c1-7-2-3-10-8(6-7)9(11)4-5-12-10/h2-3,6,9H,4-5H2,1H3. The Balaban J connectivity index is 2.47. The fourth-order valence-corrected chi connectivity index (χ4v) is 3.06. The summed E-state index contributed by atoms with van der Waals surface area (Å²) in [4.78, 5) is 1.37. The van der Waals surface area contributed by atoms with Gasteiger partial charge in [-0.15, -0.1) is 23.4 Å². The van der Waals surface area contributed by atoms with Gasteiger partial charge >= 0.3 is 0 Å². The van der Waals surface area contributed by atoms with Crippen LogP contribution in [0.5, 0.6) is 0 Å². The number of hydrogen-bond donors (Lipinski definition) is 0. The molecule has 0 fully saturated rings. The maximum atomic E-state index is 6.21. The van der Waals surface area contributed by atoms with Crippen LogP contribution in [0.2, 0.25) is 0 Å². The molecule has 2 heteroatoms. The van der Waals surface area contributed by atoms with Crippen molar-refractivity contribution in [3.05, 3.63) is 29.3 Å². The molecule has 0 saturated carbocycles. The topological polar surface area (TPSA) is 0 Å². The Labute approximate surface area is 82.3 Å². The van der Waals surface area contributed by atoms with E-state index in [0.717, 1.165) is 12.2 Å². The average molecular weight is 199 g/mol. The zero-order valence-corrected chi connectivity index (χ0v) is 8.58. The maximum Gasteiger partial charge on any atom is 0.0604 e. The number of thioether (sulfide) groups is 1. The SMILES string of the molecule is Cc1ccc2c(c1)C(Cl)CCS2. The summed E-state index contributed by atoms with van der Waals surface area (Å²) in [5.74, 6) is 1.16. The summed E-state index contributed by atoms with van der Waals surface area (Å²) in [5.41, 5.74) is 2.63. The van der Waals surface area contributed by atoms with Gasteiger partial charge in [-0.2, -0.15) is 0 Å². The second-order valence-corrected chi connectivity index (χ2v) is 4.81. The molecule has 1 unspecified atom stereocenters. The van der Waals surface area contributed by atoms with Crippen molar-refractivity contribution in [3.63, 3.8) is 0 Å². The second-order valence-electron chi connectivity index (χ2n) is 3.15. The van der Waals surface area contributed by atoms with Crippen LogP contribution in [0.1, 0.15) is 22.9 Å². The number of benzene rings is 1. The molecule has 0 aromatic heterocycles. The fourth-order valence-electron chi connectivity index (χ4n) is 1.47. The molecule has 0 bridgehead atoms. The number of halogens is 1. The van der Waals surface area contributed by atoms with E-state index in [2.05, 4.69) is 25.1 Å². The van der Waals surface area contributed by atoms with Crippen molar-refractivity contribution in [1.29, 1.82) is 0 Å². The maximum absolute atomic E-state index is 6.21. The van der Waals surface area contributed by atoms with Crippen LogP contribution in [0.25, 0.3) is 0 Å². The van der Waals surface area contributed by atoms with Gasteiger partial charge in [0.15, 0.2) is 0 Å². The molecule has 64 valence electrons. The summed E-state index contributed by atoms with van der Waals surface area (Å²) >= 11 is 8.12. The van der Waals surface area contributed by atoms with E-state index in [1.54, 1.807) is 0 Å². The second kappa shape index (κ2) is 3.31. The molecule has 0 radical (unpaired) electrons. The molecular weight excluding hydrogens is 188 g/mol. The number of aryl methyl sites for hydroxylation is 1. The van der Waals surface area contributed by atoms with Gasteiger partial charge in [-0.05, 0) is 30.7 Å². The van der Waals surface area contributed by atoms with Crippen molar-refractivity contribution >= 4 is 23.4 Å². The number of alkyl halides is 1. The Morgan fingerprint density at radius 1 is 1.50 bits per heavy atom. The van der Waals surface area contributed by atoms with Crippen molar-refractivity contribution < 1.29 is 0 Å². The Morgan fingerprint density at radius 3 is 3.17 bits per heavy atom. The van der Waals surface area contributed by atoms with Gasteiger partial charge in [-0.3, -0.25) is 0 Å². The molecule has 0 nitrogen and oxygen atoms in total. The first-order chi connectivity index (χ1) is 5.77. The lowest BCUT2D eigenvalue weighted by atomic mass is 10.1. The van der Waals surface area contributed by atoms with Crippen LogP contribution in [-0.2, 0) is 0 Å². The highest BCUT2D eigenvalue weighted by molar-refractivity contribution is 7.99. The molecule has 1 atom stereocenters. The van der Waals surface area contributed by atoms with Gasteiger partial charge in [0.1, 0.15) is 0 Å². The Kier molecular flexibility index (Phi) is 2.33. The molecule has 0 N–H and O–H groups in total. The third kappa shape index (κ3) is 1.48. The monoisotopic (exact) mass is 198 g/mol. The highest BCUT2D eigenvalue weighted by Gasteiger charge is 2.17. The van der Waals surface area contributed by atoms with Crippen LogP contribution in [-0.4, -0.2) is 5.75 Å². The summed E-state index contributed by atoms with van der Waals surface area (Å²) in [6.07, 6.45) is 1.10. The molecule has 0 spiro atoms. The molecule has 12 heavy (non-hydrogen) atoms. The van der Waals surface area contributed by atoms with Crippen LogP contribution in [0, 0.1) is 6.92 Å². The molecule has 1 aliphatic rings. The van der Waals surface area contributed by atoms with Gasteiger partial charge in [0.25, 0.3) is 0 Å². The molecule has 0 saturated heterocycles. The van der Waals surface area contributed by atoms with Crippen LogP contribution in [0.4, 0.5) is 0 Å². The normalized spacial score (nSPS) is 22.0. The predicted molar refractivity (Wildman–Crippen MR) is 55.1 cm³/mol. The predicted octanol–water partition coefficient (Wildman–Crippen LogP) is 3.77. The average Bonchev–Trinajstić information content (AvgIpc) is 2.07. The van der Waals surface area contributed by atoms with Crippen LogP contribution >= 0.6 is 23.4 Å². The first-order valence-corrected chi connectivity index (χ1v) is 5.57. The van der Waals surface area contributed by atoms with Gasteiger partial charge in [0, 0.05) is 4.90 Å². The van der Waals surface area contributed by atoms with Gasteiger partial charge in [-0.1, -0.05) is 17.7 Å². The summed E-state index contributed by atoms with van der Waals surface area (Å²) in [7, 11) is 0. The van der Waals surface area contributed by atoms with Crippen LogP contribution < -0.4 is 0 Å². The highest BCUT2D eigenvalue weighted by Crippen LogP contribution is 2.39. The first kappa shape index (κ1) is 8.46. The van der Waals surface area contributed by atoms with Gasteiger partial charge in [-0.25, -0.2) is 0 Å². The van der Waals surface area contributed by atoms with Gasteiger partial charge in [0.2, 0.25) is 0 Å². The van der Waals surface area contributed by atoms with Crippen molar-refractivity contribution in [3.8, 4) is 0 Å². The lowest BCUT2D eigenvalue weighted by Crippen LogP contribution is -2.01. The fraction of sp³-hybridized carbons (Fsp3) is 0.400.